The van der Waals surface area contributed by atoms with Crippen molar-refractivity contribution in [1.82, 2.24) is 14.5 Å². The number of amides is 1. The van der Waals surface area contributed by atoms with E-state index in [9.17, 15) is 4.79 Å². The van der Waals surface area contributed by atoms with Crippen molar-refractivity contribution in [3.8, 4) is 0 Å². The van der Waals surface area contributed by atoms with Gasteiger partial charge in [-0.1, -0.05) is 31.0 Å². The summed E-state index contributed by atoms with van der Waals surface area (Å²) in [4.78, 5) is 19.8. The van der Waals surface area contributed by atoms with E-state index in [1.54, 1.807) is 0 Å². The monoisotopic (exact) mass is 362 g/mol. The Hall–Kier alpha value is -2.66. The van der Waals surface area contributed by atoms with E-state index < -0.39 is 0 Å². The summed E-state index contributed by atoms with van der Waals surface area (Å²) in [7, 11) is 0. The molecule has 1 amide bonds. The molecule has 140 valence electrons. The number of aryl methyl sites for hydroxylation is 1. The smallest absolute Gasteiger partial charge is 0.255 e. The van der Waals surface area contributed by atoms with Crippen molar-refractivity contribution in [2.75, 3.05) is 18.4 Å². The van der Waals surface area contributed by atoms with Crippen molar-refractivity contribution in [2.24, 2.45) is 0 Å². The van der Waals surface area contributed by atoms with Gasteiger partial charge in [0.1, 0.15) is 5.82 Å². The molecule has 1 aliphatic rings. The zero-order chi connectivity index (χ0) is 18.8. The number of hydrogen-bond donors (Lipinski definition) is 1. The van der Waals surface area contributed by atoms with Crippen LogP contribution in [0, 0.1) is 6.92 Å². The molecule has 4 rings (SSSR count). The Kier molecular flexibility index (Phi) is 4.94. The fourth-order valence-electron chi connectivity index (χ4n) is 3.63. The average molecular weight is 362 g/mol. The van der Waals surface area contributed by atoms with Crippen LogP contribution in [-0.4, -0.2) is 33.4 Å². The first kappa shape index (κ1) is 17.7. The first-order valence-electron chi connectivity index (χ1n) is 9.73. The van der Waals surface area contributed by atoms with Crippen LogP contribution in [-0.2, 0) is 13.1 Å². The number of carbonyl (C=O) groups excluding carboxylic acids is 1. The number of benzene rings is 2. The van der Waals surface area contributed by atoms with Crippen LogP contribution in [0.2, 0.25) is 0 Å². The molecule has 0 radical (unpaired) electrons. The van der Waals surface area contributed by atoms with E-state index in [1.165, 1.54) is 12.8 Å². The molecule has 0 atom stereocenters. The van der Waals surface area contributed by atoms with Crippen LogP contribution in [0.3, 0.4) is 0 Å². The lowest BCUT2D eigenvalue weighted by atomic mass is 10.1. The average Bonchev–Trinajstić information content (AvgIpc) is 3.03. The van der Waals surface area contributed by atoms with Crippen LogP contribution < -0.4 is 5.32 Å². The Morgan fingerprint density at radius 2 is 1.96 bits per heavy atom. The van der Waals surface area contributed by atoms with Crippen LogP contribution in [0.25, 0.3) is 11.0 Å². The van der Waals surface area contributed by atoms with E-state index in [-0.39, 0.29) is 5.91 Å². The van der Waals surface area contributed by atoms with Crippen molar-refractivity contribution in [3.63, 3.8) is 0 Å². The van der Waals surface area contributed by atoms with Crippen molar-refractivity contribution in [2.45, 2.75) is 39.8 Å². The Bertz CT molecular complexity index is 958. The second-order valence-electron chi connectivity index (χ2n) is 7.33. The normalized spacial score (nSPS) is 14.3. The van der Waals surface area contributed by atoms with Gasteiger partial charge >= 0.3 is 0 Å². The first-order valence-corrected chi connectivity index (χ1v) is 9.73. The van der Waals surface area contributed by atoms with E-state index in [4.69, 9.17) is 4.98 Å². The molecular formula is C22H26N4O. The molecule has 5 nitrogen and oxygen atoms in total. The maximum Gasteiger partial charge on any atom is 0.255 e. The molecule has 0 fully saturated rings. The first-order chi connectivity index (χ1) is 13.1. The summed E-state index contributed by atoms with van der Waals surface area (Å²) in [5.74, 6) is 1.03. The van der Waals surface area contributed by atoms with Gasteiger partial charge in [0.25, 0.3) is 5.91 Å². The zero-order valence-corrected chi connectivity index (χ0v) is 16.0. The number of unbranched alkanes of at least 4 members (excludes halogenated alkanes) is 1. The van der Waals surface area contributed by atoms with E-state index in [1.807, 2.05) is 43.3 Å². The molecule has 0 unspecified atom stereocenters. The van der Waals surface area contributed by atoms with Gasteiger partial charge in [-0.25, -0.2) is 4.98 Å². The molecule has 1 N–H and O–H groups in total. The predicted molar refractivity (Wildman–Crippen MR) is 109 cm³/mol. The summed E-state index contributed by atoms with van der Waals surface area (Å²) in [6.45, 7) is 8.33. The molecule has 0 bridgehead atoms. The highest BCUT2D eigenvalue weighted by Crippen LogP contribution is 2.24. The molecule has 1 aromatic heterocycles. The lowest BCUT2D eigenvalue weighted by molar-refractivity contribution is 0.102. The quantitative estimate of drug-likeness (QED) is 0.739. The van der Waals surface area contributed by atoms with Crippen molar-refractivity contribution >= 4 is 22.6 Å². The number of aromatic nitrogens is 2. The maximum absolute atomic E-state index is 12.5. The van der Waals surface area contributed by atoms with Crippen molar-refractivity contribution < 1.29 is 4.79 Å². The molecule has 0 saturated heterocycles. The number of hydrogen-bond acceptors (Lipinski definition) is 3. The van der Waals surface area contributed by atoms with Gasteiger partial charge in [-0.3, -0.25) is 9.69 Å². The van der Waals surface area contributed by atoms with Gasteiger partial charge in [0.2, 0.25) is 0 Å². The van der Waals surface area contributed by atoms with Gasteiger partial charge in [0, 0.05) is 24.3 Å². The van der Waals surface area contributed by atoms with Crippen molar-refractivity contribution in [1.29, 1.82) is 0 Å². The molecule has 1 aliphatic heterocycles. The van der Waals surface area contributed by atoms with Gasteiger partial charge in [-0.05, 0) is 50.2 Å². The van der Waals surface area contributed by atoms with Gasteiger partial charge in [0.05, 0.1) is 17.6 Å². The Labute approximate surface area is 160 Å². The van der Waals surface area contributed by atoms with Gasteiger partial charge in [0.15, 0.2) is 0 Å². The molecule has 0 aliphatic carbocycles. The minimum Gasteiger partial charge on any atom is -0.326 e. The fraction of sp³-hybridized carbons (Fsp3) is 0.364. The summed E-state index contributed by atoms with van der Waals surface area (Å²) in [6.07, 6.45) is 2.45. The third-order valence-corrected chi connectivity index (χ3v) is 5.23. The molecule has 2 aromatic carbocycles. The highest BCUT2D eigenvalue weighted by atomic mass is 16.1. The van der Waals surface area contributed by atoms with E-state index in [2.05, 4.69) is 27.8 Å². The van der Waals surface area contributed by atoms with Gasteiger partial charge < -0.3 is 9.88 Å². The van der Waals surface area contributed by atoms with Crippen LogP contribution in [0.15, 0.2) is 42.5 Å². The summed E-state index contributed by atoms with van der Waals surface area (Å²) >= 11 is 0. The third-order valence-electron chi connectivity index (χ3n) is 5.23. The summed E-state index contributed by atoms with van der Waals surface area (Å²) in [5, 5.41) is 2.99. The number of rotatable bonds is 5. The van der Waals surface area contributed by atoms with Gasteiger partial charge in [-0.2, -0.15) is 0 Å². The number of nitrogens with zero attached hydrogens (tertiary/aromatic N) is 3. The van der Waals surface area contributed by atoms with Crippen LogP contribution in [0.5, 0.6) is 0 Å². The van der Waals surface area contributed by atoms with Gasteiger partial charge in [-0.15, -0.1) is 0 Å². The largest absolute Gasteiger partial charge is 0.326 e. The molecule has 2 heterocycles. The minimum absolute atomic E-state index is 0.0935. The Balaban J connectivity index is 1.53. The van der Waals surface area contributed by atoms with Crippen LogP contribution in [0.1, 0.15) is 41.5 Å². The summed E-state index contributed by atoms with van der Waals surface area (Å²) < 4.78 is 2.31. The van der Waals surface area contributed by atoms with Crippen LogP contribution >= 0.6 is 0 Å². The number of imidazole rings is 1. The SMILES string of the molecule is CCCCN1CCn2c(nc3cc(NC(=O)c4ccc(C)cc4)ccc32)C1. The Morgan fingerprint density at radius 3 is 2.74 bits per heavy atom. The summed E-state index contributed by atoms with van der Waals surface area (Å²) in [6, 6.07) is 13.6. The number of carbonyl (C=O) groups is 1. The van der Waals surface area contributed by atoms with E-state index in [0.717, 1.165) is 54.3 Å². The highest BCUT2D eigenvalue weighted by molar-refractivity contribution is 6.05. The molecule has 27 heavy (non-hydrogen) atoms. The number of fused-ring (bicyclic) bond motifs is 3. The Morgan fingerprint density at radius 1 is 1.15 bits per heavy atom. The molecular weight excluding hydrogens is 336 g/mol. The molecule has 0 spiro atoms. The summed E-state index contributed by atoms with van der Waals surface area (Å²) in [5.41, 5.74) is 4.69. The minimum atomic E-state index is -0.0935. The number of nitrogens with one attached hydrogen (secondary N) is 1. The highest BCUT2D eigenvalue weighted by Gasteiger charge is 2.20. The molecule has 0 saturated carbocycles. The number of anilines is 1. The standard InChI is InChI=1S/C22H26N4O/c1-3-4-11-25-12-13-26-20-10-9-18(14-19(20)24-21(26)15-25)23-22(27)17-7-5-16(2)6-8-17/h5-10,14H,3-4,11-13,15H2,1-2H3,(H,23,27). The lowest BCUT2D eigenvalue weighted by Gasteiger charge is -2.27. The maximum atomic E-state index is 12.5. The fourth-order valence-corrected chi connectivity index (χ4v) is 3.63. The zero-order valence-electron chi connectivity index (χ0n) is 16.0. The topological polar surface area (TPSA) is 50.2 Å². The molecule has 3 aromatic rings. The molecule has 5 heteroatoms. The van der Waals surface area contributed by atoms with Crippen molar-refractivity contribution in [3.05, 3.63) is 59.4 Å². The second kappa shape index (κ2) is 7.53. The third kappa shape index (κ3) is 3.74. The van der Waals surface area contributed by atoms with E-state index >= 15 is 0 Å². The van der Waals surface area contributed by atoms with Crippen LogP contribution in [0.4, 0.5) is 5.69 Å². The second-order valence-corrected chi connectivity index (χ2v) is 7.33. The predicted octanol–water partition coefficient (Wildman–Crippen LogP) is 4.21. The lowest BCUT2D eigenvalue weighted by Crippen LogP contribution is -2.34. The van der Waals surface area contributed by atoms with E-state index in [0.29, 0.717) is 5.56 Å².